The number of halogens is 1. The Morgan fingerprint density at radius 3 is 2.90 bits per heavy atom. The van der Waals surface area contributed by atoms with Gasteiger partial charge in [0.1, 0.15) is 17.9 Å². The van der Waals surface area contributed by atoms with Crippen LogP contribution in [-0.4, -0.2) is 27.8 Å². The maximum atomic E-state index is 12.3. The van der Waals surface area contributed by atoms with E-state index in [4.69, 9.17) is 16.3 Å². The summed E-state index contributed by atoms with van der Waals surface area (Å²) in [5.74, 6) is 1.01. The van der Waals surface area contributed by atoms with Crippen LogP contribution in [0.5, 0.6) is 5.75 Å². The molecule has 0 spiro atoms. The highest BCUT2D eigenvalue weighted by atomic mass is 35.5. The molecular weight excluding hydrogens is 292 g/mol. The molecular formula is C14H17ClN4O2. The molecule has 1 aromatic heterocycles. The fourth-order valence-electron chi connectivity index (χ4n) is 2.01. The second kappa shape index (κ2) is 6.58. The number of rotatable bonds is 5. The number of ether oxygens (including phenoxy) is 1. The molecule has 1 amide bonds. The van der Waals surface area contributed by atoms with Crippen LogP contribution in [0.1, 0.15) is 36.1 Å². The maximum Gasteiger partial charge on any atom is 0.252 e. The Labute approximate surface area is 128 Å². The topological polar surface area (TPSA) is 69.0 Å². The highest BCUT2D eigenvalue weighted by Gasteiger charge is 2.17. The van der Waals surface area contributed by atoms with Crippen LogP contribution in [0.15, 0.2) is 24.5 Å². The van der Waals surface area contributed by atoms with Crippen molar-refractivity contribution in [2.24, 2.45) is 0 Å². The van der Waals surface area contributed by atoms with Crippen molar-refractivity contribution < 1.29 is 9.53 Å². The molecule has 1 heterocycles. The zero-order valence-corrected chi connectivity index (χ0v) is 12.9. The molecule has 1 N–H and O–H groups in total. The van der Waals surface area contributed by atoms with Crippen molar-refractivity contribution >= 4 is 17.5 Å². The molecule has 2 aromatic rings. The van der Waals surface area contributed by atoms with E-state index >= 15 is 0 Å². The van der Waals surface area contributed by atoms with E-state index in [9.17, 15) is 4.79 Å². The van der Waals surface area contributed by atoms with Gasteiger partial charge >= 0.3 is 0 Å². The standard InChI is InChI=1S/C14H17ClN4O2/c1-4-19-13(16-8-17-19)9(2)18-14(20)10-5-11(15)7-12(6-10)21-3/h5-9H,4H2,1-3H3,(H,18,20). The number of aromatic nitrogens is 3. The third kappa shape index (κ3) is 3.52. The Bertz CT molecular complexity index is 642. The Balaban J connectivity index is 2.16. The fourth-order valence-corrected chi connectivity index (χ4v) is 2.23. The minimum absolute atomic E-state index is 0.242. The lowest BCUT2D eigenvalue weighted by Gasteiger charge is -2.14. The van der Waals surface area contributed by atoms with Gasteiger partial charge in [0.2, 0.25) is 0 Å². The number of nitrogens with one attached hydrogen (secondary N) is 1. The average Bonchev–Trinajstić information content (AvgIpc) is 2.94. The van der Waals surface area contributed by atoms with Gasteiger partial charge in [-0.25, -0.2) is 9.67 Å². The quantitative estimate of drug-likeness (QED) is 0.921. The maximum absolute atomic E-state index is 12.3. The summed E-state index contributed by atoms with van der Waals surface area (Å²) >= 11 is 5.97. The molecule has 0 radical (unpaired) electrons. The Hall–Kier alpha value is -2.08. The first-order valence-corrected chi connectivity index (χ1v) is 6.96. The minimum atomic E-state index is -0.259. The predicted octanol–water partition coefficient (Wildman–Crippen LogP) is 2.45. The second-order valence-electron chi connectivity index (χ2n) is 4.51. The highest BCUT2D eigenvalue weighted by Crippen LogP contribution is 2.21. The minimum Gasteiger partial charge on any atom is -0.497 e. The van der Waals surface area contributed by atoms with E-state index in [2.05, 4.69) is 15.4 Å². The molecule has 0 aliphatic rings. The summed E-state index contributed by atoms with van der Waals surface area (Å²) in [5.41, 5.74) is 0.439. The summed E-state index contributed by atoms with van der Waals surface area (Å²) in [5, 5.41) is 7.41. The normalized spacial score (nSPS) is 12.0. The number of amides is 1. The molecule has 1 aromatic carbocycles. The molecule has 0 saturated heterocycles. The molecule has 6 nitrogen and oxygen atoms in total. The van der Waals surface area contributed by atoms with Crippen molar-refractivity contribution in [2.45, 2.75) is 26.4 Å². The van der Waals surface area contributed by atoms with Gasteiger partial charge in [-0.2, -0.15) is 5.10 Å². The van der Waals surface area contributed by atoms with Crippen molar-refractivity contribution in [3.8, 4) is 5.75 Å². The van der Waals surface area contributed by atoms with E-state index in [1.807, 2.05) is 13.8 Å². The number of carbonyl (C=O) groups excluding carboxylic acids is 1. The number of hydrogen-bond donors (Lipinski definition) is 1. The molecule has 0 aliphatic carbocycles. The van der Waals surface area contributed by atoms with Crippen molar-refractivity contribution in [1.29, 1.82) is 0 Å². The molecule has 0 bridgehead atoms. The molecule has 1 unspecified atom stereocenters. The van der Waals surface area contributed by atoms with Gasteiger partial charge in [0.05, 0.1) is 13.2 Å². The summed E-state index contributed by atoms with van der Waals surface area (Å²) in [7, 11) is 1.53. The monoisotopic (exact) mass is 308 g/mol. The Kier molecular flexibility index (Phi) is 4.80. The number of nitrogens with zero attached hydrogens (tertiary/aromatic N) is 3. The van der Waals surface area contributed by atoms with Gasteiger partial charge in [-0.3, -0.25) is 4.79 Å². The summed E-state index contributed by atoms with van der Waals surface area (Å²) < 4.78 is 6.85. The lowest BCUT2D eigenvalue weighted by Crippen LogP contribution is -2.28. The number of hydrogen-bond acceptors (Lipinski definition) is 4. The number of aryl methyl sites for hydroxylation is 1. The van der Waals surface area contributed by atoms with Crippen LogP contribution in [0.3, 0.4) is 0 Å². The summed E-state index contributed by atoms with van der Waals surface area (Å²) in [4.78, 5) is 16.5. The highest BCUT2D eigenvalue weighted by molar-refractivity contribution is 6.31. The van der Waals surface area contributed by atoms with E-state index in [1.165, 1.54) is 13.4 Å². The van der Waals surface area contributed by atoms with Crippen LogP contribution in [-0.2, 0) is 6.54 Å². The first-order valence-electron chi connectivity index (χ1n) is 6.58. The Morgan fingerprint density at radius 1 is 1.48 bits per heavy atom. The molecule has 0 fully saturated rings. The zero-order chi connectivity index (χ0) is 15.4. The van der Waals surface area contributed by atoms with Gasteiger partial charge in [0, 0.05) is 17.1 Å². The van der Waals surface area contributed by atoms with Crippen LogP contribution in [0.25, 0.3) is 0 Å². The molecule has 21 heavy (non-hydrogen) atoms. The van der Waals surface area contributed by atoms with Crippen molar-refractivity contribution in [3.63, 3.8) is 0 Å². The number of carbonyl (C=O) groups is 1. The van der Waals surface area contributed by atoms with Crippen LogP contribution in [0, 0.1) is 0 Å². The number of methoxy groups -OCH3 is 1. The second-order valence-corrected chi connectivity index (χ2v) is 4.95. The van der Waals surface area contributed by atoms with E-state index in [0.717, 1.165) is 0 Å². The molecule has 1 atom stereocenters. The molecule has 0 saturated carbocycles. The van der Waals surface area contributed by atoms with E-state index in [1.54, 1.807) is 22.9 Å². The van der Waals surface area contributed by atoms with E-state index in [0.29, 0.717) is 28.7 Å². The fraction of sp³-hybridized carbons (Fsp3) is 0.357. The van der Waals surface area contributed by atoms with E-state index < -0.39 is 0 Å². The largest absolute Gasteiger partial charge is 0.497 e. The smallest absolute Gasteiger partial charge is 0.252 e. The molecule has 7 heteroatoms. The summed E-state index contributed by atoms with van der Waals surface area (Å²) in [6, 6.07) is 4.62. The van der Waals surface area contributed by atoms with Gasteiger partial charge in [-0.15, -0.1) is 0 Å². The Morgan fingerprint density at radius 2 is 2.24 bits per heavy atom. The first kappa shape index (κ1) is 15.3. The van der Waals surface area contributed by atoms with Gasteiger partial charge in [0.15, 0.2) is 0 Å². The van der Waals surface area contributed by atoms with Gasteiger partial charge in [0.25, 0.3) is 5.91 Å². The zero-order valence-electron chi connectivity index (χ0n) is 12.1. The first-order chi connectivity index (χ1) is 10.0. The third-order valence-corrected chi connectivity index (χ3v) is 3.27. The van der Waals surface area contributed by atoms with Crippen LogP contribution in [0.2, 0.25) is 5.02 Å². The molecule has 0 aliphatic heterocycles. The van der Waals surface area contributed by atoms with Crippen molar-refractivity contribution in [2.75, 3.05) is 7.11 Å². The number of benzene rings is 1. The summed E-state index contributed by atoms with van der Waals surface area (Å²) in [6.07, 6.45) is 1.48. The van der Waals surface area contributed by atoms with Crippen LogP contribution < -0.4 is 10.1 Å². The SMILES string of the molecule is CCn1ncnc1C(C)NC(=O)c1cc(Cl)cc(OC)c1. The third-order valence-electron chi connectivity index (χ3n) is 3.05. The lowest BCUT2D eigenvalue weighted by molar-refractivity contribution is 0.0937. The molecule has 2 rings (SSSR count). The predicted molar refractivity (Wildman–Crippen MR) is 79.6 cm³/mol. The van der Waals surface area contributed by atoms with Crippen LogP contribution in [0.4, 0.5) is 0 Å². The van der Waals surface area contributed by atoms with Crippen LogP contribution >= 0.6 is 11.6 Å². The van der Waals surface area contributed by atoms with Crippen molar-refractivity contribution in [1.82, 2.24) is 20.1 Å². The van der Waals surface area contributed by atoms with Gasteiger partial charge in [-0.05, 0) is 32.0 Å². The summed E-state index contributed by atoms with van der Waals surface area (Å²) in [6.45, 7) is 4.52. The lowest BCUT2D eigenvalue weighted by atomic mass is 10.2. The van der Waals surface area contributed by atoms with Gasteiger partial charge < -0.3 is 10.1 Å². The molecule has 112 valence electrons. The average molecular weight is 309 g/mol. The van der Waals surface area contributed by atoms with Crippen molar-refractivity contribution in [3.05, 3.63) is 40.9 Å². The van der Waals surface area contributed by atoms with Gasteiger partial charge in [-0.1, -0.05) is 11.6 Å². The van der Waals surface area contributed by atoms with E-state index in [-0.39, 0.29) is 11.9 Å².